The summed E-state index contributed by atoms with van der Waals surface area (Å²) in [7, 11) is 1.25. The molecule has 154 valence electrons. The number of halogens is 3. The highest BCUT2D eigenvalue weighted by molar-refractivity contribution is 5.97. The molecule has 0 aliphatic heterocycles. The molecule has 0 spiro atoms. The second kappa shape index (κ2) is 9.04. The molecule has 0 saturated heterocycles. The summed E-state index contributed by atoms with van der Waals surface area (Å²) in [5.41, 5.74) is -1.05. The van der Waals surface area contributed by atoms with Gasteiger partial charge >= 0.3 is 11.9 Å². The summed E-state index contributed by atoms with van der Waals surface area (Å²) in [5.74, 6) is -1.39. The molecule has 0 saturated carbocycles. The molecule has 2 aromatic rings. The molecule has 0 aromatic heterocycles. The minimum atomic E-state index is -4.49. The molecule has 2 amide bonds. The summed E-state index contributed by atoms with van der Waals surface area (Å²) >= 11 is 0. The van der Waals surface area contributed by atoms with E-state index in [-0.39, 0.29) is 23.4 Å². The summed E-state index contributed by atoms with van der Waals surface area (Å²) in [5, 5.41) is 15.6. The average molecular weight is 411 g/mol. The van der Waals surface area contributed by atoms with Gasteiger partial charge in [0.05, 0.1) is 24.1 Å². The molecule has 0 fully saturated rings. The van der Waals surface area contributed by atoms with Crippen LogP contribution in [0.4, 0.5) is 18.9 Å². The van der Waals surface area contributed by atoms with Gasteiger partial charge in [-0.25, -0.2) is 0 Å². The molecule has 0 aliphatic rings. The van der Waals surface area contributed by atoms with Gasteiger partial charge in [0, 0.05) is 18.2 Å². The monoisotopic (exact) mass is 411 g/mol. The van der Waals surface area contributed by atoms with E-state index in [1.807, 2.05) is 0 Å². The van der Waals surface area contributed by atoms with Crippen molar-refractivity contribution in [3.8, 4) is 5.75 Å². The normalized spacial score (nSPS) is 10.9. The predicted molar refractivity (Wildman–Crippen MR) is 95.3 cm³/mol. The molecule has 11 heteroatoms. The maximum Gasteiger partial charge on any atom is 0.416 e. The third-order valence-corrected chi connectivity index (χ3v) is 3.79. The van der Waals surface area contributed by atoms with Crippen molar-refractivity contribution < 1.29 is 32.4 Å². The Hall–Kier alpha value is -3.63. The Morgan fingerprint density at radius 3 is 2.48 bits per heavy atom. The lowest BCUT2D eigenvalue weighted by molar-refractivity contribution is -0.385. The number of benzene rings is 2. The van der Waals surface area contributed by atoms with Gasteiger partial charge in [-0.3, -0.25) is 19.7 Å². The summed E-state index contributed by atoms with van der Waals surface area (Å²) in [6.07, 6.45) is -4.49. The van der Waals surface area contributed by atoms with Gasteiger partial charge in [0.1, 0.15) is 0 Å². The number of ether oxygens (including phenoxy) is 1. The summed E-state index contributed by atoms with van der Waals surface area (Å²) in [6, 6.07) is 8.03. The summed E-state index contributed by atoms with van der Waals surface area (Å²) < 4.78 is 42.9. The van der Waals surface area contributed by atoms with E-state index < -0.39 is 40.7 Å². The molecular weight excluding hydrogens is 395 g/mol. The highest BCUT2D eigenvalue weighted by atomic mass is 19.4. The Kier molecular flexibility index (Phi) is 6.75. The first-order valence-corrected chi connectivity index (χ1v) is 8.15. The Bertz CT molecular complexity index is 931. The van der Waals surface area contributed by atoms with Gasteiger partial charge in [0.15, 0.2) is 5.75 Å². The van der Waals surface area contributed by atoms with Gasteiger partial charge in [-0.2, -0.15) is 13.2 Å². The quantitative estimate of drug-likeness (QED) is 0.538. The molecule has 0 radical (unpaired) electrons. The van der Waals surface area contributed by atoms with Crippen LogP contribution < -0.4 is 15.4 Å². The Labute approximate surface area is 162 Å². The van der Waals surface area contributed by atoms with Crippen molar-refractivity contribution in [3.63, 3.8) is 0 Å². The van der Waals surface area contributed by atoms with Crippen LogP contribution in [0.3, 0.4) is 0 Å². The van der Waals surface area contributed by atoms with Gasteiger partial charge in [0.25, 0.3) is 5.91 Å². The minimum absolute atomic E-state index is 0.0228. The lowest BCUT2D eigenvalue weighted by Crippen LogP contribution is -2.36. The number of nitrogens with one attached hydrogen (secondary N) is 2. The number of carbonyl (C=O) groups is 2. The third-order valence-electron chi connectivity index (χ3n) is 3.79. The smallest absolute Gasteiger partial charge is 0.416 e. The fourth-order valence-corrected chi connectivity index (χ4v) is 2.36. The highest BCUT2D eigenvalue weighted by Gasteiger charge is 2.30. The first kappa shape index (κ1) is 21.7. The fraction of sp³-hybridized carbons (Fsp3) is 0.222. The number of nitrogens with zero attached hydrogens (tertiary/aromatic N) is 1. The molecule has 2 rings (SSSR count). The number of amides is 2. The average Bonchev–Trinajstić information content (AvgIpc) is 2.69. The third kappa shape index (κ3) is 5.92. The van der Waals surface area contributed by atoms with Crippen molar-refractivity contribution in [1.29, 1.82) is 0 Å². The number of carbonyl (C=O) groups excluding carboxylic acids is 2. The van der Waals surface area contributed by atoms with E-state index in [9.17, 15) is 32.9 Å². The largest absolute Gasteiger partial charge is 0.490 e. The standard InChI is InChI=1S/C18H16F3N3O5/c1-29-15-6-5-12(8-14(15)24(27)28)17(26)23-10-16(25)22-9-11-3-2-4-13(7-11)18(19,20)21/h2-8H,9-10H2,1H3,(H,22,25)(H,23,26). The van der Waals surface area contributed by atoms with Crippen molar-refractivity contribution in [1.82, 2.24) is 10.6 Å². The van der Waals surface area contributed by atoms with Crippen molar-refractivity contribution in [3.05, 3.63) is 69.3 Å². The molecule has 0 heterocycles. The summed E-state index contributed by atoms with van der Waals surface area (Å²) in [4.78, 5) is 34.2. The maximum absolute atomic E-state index is 12.7. The maximum atomic E-state index is 12.7. The van der Waals surface area contributed by atoms with Gasteiger partial charge < -0.3 is 15.4 Å². The number of nitro benzene ring substituents is 1. The molecule has 0 bridgehead atoms. The topological polar surface area (TPSA) is 111 Å². The lowest BCUT2D eigenvalue weighted by Gasteiger charge is -2.10. The first-order valence-electron chi connectivity index (χ1n) is 8.15. The number of hydrogen-bond acceptors (Lipinski definition) is 5. The van der Waals surface area contributed by atoms with Crippen LogP contribution in [0, 0.1) is 10.1 Å². The van der Waals surface area contributed by atoms with E-state index in [4.69, 9.17) is 4.74 Å². The van der Waals surface area contributed by atoms with Crippen LogP contribution in [0.25, 0.3) is 0 Å². The Morgan fingerprint density at radius 2 is 1.86 bits per heavy atom. The van der Waals surface area contributed by atoms with Crippen LogP contribution in [0.1, 0.15) is 21.5 Å². The van der Waals surface area contributed by atoms with E-state index in [2.05, 4.69) is 10.6 Å². The van der Waals surface area contributed by atoms with E-state index >= 15 is 0 Å². The molecular formula is C18H16F3N3O5. The van der Waals surface area contributed by atoms with Gasteiger partial charge in [-0.1, -0.05) is 12.1 Å². The van der Waals surface area contributed by atoms with Crippen LogP contribution >= 0.6 is 0 Å². The molecule has 2 N–H and O–H groups in total. The Morgan fingerprint density at radius 1 is 1.14 bits per heavy atom. The van der Waals surface area contributed by atoms with E-state index in [1.165, 1.54) is 31.4 Å². The van der Waals surface area contributed by atoms with Crippen LogP contribution in [-0.2, 0) is 17.5 Å². The SMILES string of the molecule is COc1ccc(C(=O)NCC(=O)NCc2cccc(C(F)(F)F)c2)cc1[N+](=O)[O-]. The number of methoxy groups -OCH3 is 1. The second-order valence-corrected chi connectivity index (χ2v) is 5.80. The molecule has 0 unspecified atom stereocenters. The van der Waals surface area contributed by atoms with Crippen LogP contribution in [0.2, 0.25) is 0 Å². The van der Waals surface area contributed by atoms with Crippen molar-refractivity contribution >= 4 is 17.5 Å². The lowest BCUT2D eigenvalue weighted by atomic mass is 10.1. The first-order chi connectivity index (χ1) is 13.6. The van der Waals surface area contributed by atoms with Crippen LogP contribution in [0.15, 0.2) is 42.5 Å². The molecule has 8 nitrogen and oxygen atoms in total. The zero-order chi connectivity index (χ0) is 21.6. The van der Waals surface area contributed by atoms with Crippen molar-refractivity contribution in [2.45, 2.75) is 12.7 Å². The number of alkyl halides is 3. The fourth-order valence-electron chi connectivity index (χ4n) is 2.36. The minimum Gasteiger partial charge on any atom is -0.490 e. The Balaban J connectivity index is 1.92. The molecule has 0 atom stereocenters. The van der Waals surface area contributed by atoms with E-state index in [0.717, 1.165) is 18.2 Å². The molecule has 0 aliphatic carbocycles. The molecule has 29 heavy (non-hydrogen) atoms. The van der Waals surface area contributed by atoms with Crippen LogP contribution in [-0.4, -0.2) is 30.4 Å². The number of hydrogen-bond donors (Lipinski definition) is 2. The number of rotatable bonds is 7. The predicted octanol–water partition coefficient (Wildman–Crippen LogP) is 2.67. The molecule has 2 aromatic carbocycles. The van der Waals surface area contributed by atoms with Gasteiger partial charge in [-0.15, -0.1) is 0 Å². The van der Waals surface area contributed by atoms with Gasteiger partial charge in [0.2, 0.25) is 5.91 Å². The highest BCUT2D eigenvalue weighted by Crippen LogP contribution is 2.29. The summed E-state index contributed by atoms with van der Waals surface area (Å²) in [6.45, 7) is -0.621. The van der Waals surface area contributed by atoms with Gasteiger partial charge in [-0.05, 0) is 29.8 Å². The van der Waals surface area contributed by atoms with Crippen molar-refractivity contribution in [2.24, 2.45) is 0 Å². The number of nitro groups is 1. The van der Waals surface area contributed by atoms with E-state index in [0.29, 0.717) is 0 Å². The van der Waals surface area contributed by atoms with Crippen LogP contribution in [0.5, 0.6) is 5.75 Å². The van der Waals surface area contributed by atoms with E-state index in [1.54, 1.807) is 0 Å². The zero-order valence-corrected chi connectivity index (χ0v) is 15.1. The zero-order valence-electron chi connectivity index (χ0n) is 15.1. The second-order valence-electron chi connectivity index (χ2n) is 5.80. The van der Waals surface area contributed by atoms with Crippen molar-refractivity contribution in [2.75, 3.05) is 13.7 Å².